The van der Waals surface area contributed by atoms with Gasteiger partial charge >= 0.3 is 0 Å². The fraction of sp³-hybridized carbons (Fsp3) is 0.250. The van der Waals surface area contributed by atoms with E-state index in [1.807, 2.05) is 23.9 Å². The van der Waals surface area contributed by atoms with Gasteiger partial charge in [0.1, 0.15) is 6.33 Å². The van der Waals surface area contributed by atoms with Crippen molar-refractivity contribution in [1.29, 1.82) is 0 Å². The highest BCUT2D eigenvalue weighted by molar-refractivity contribution is 7.14. The van der Waals surface area contributed by atoms with Crippen LogP contribution in [-0.2, 0) is 7.05 Å². The summed E-state index contributed by atoms with van der Waals surface area (Å²) in [5.74, 6) is 0.822. The zero-order valence-corrected chi connectivity index (χ0v) is 8.85. The minimum atomic E-state index is 0.779. The fourth-order valence-corrected chi connectivity index (χ4v) is 2.37. The van der Waals surface area contributed by atoms with Gasteiger partial charge in [0.25, 0.3) is 0 Å². The quantitative estimate of drug-likeness (QED) is 0.729. The Hall–Kier alpha value is -0.870. The lowest BCUT2D eigenvalue weighted by Crippen LogP contribution is -1.89. The second-order valence-corrected chi connectivity index (χ2v) is 4.08. The standard InChI is InChI=1S/C8H8ClN3S/c1-5-3-13-7(6(5)9)8-11-10-4-12(8)2/h3-4H,1-2H3. The molecule has 3 nitrogen and oxygen atoms in total. The number of rotatable bonds is 1. The van der Waals surface area contributed by atoms with Crippen molar-refractivity contribution in [3.05, 3.63) is 22.3 Å². The van der Waals surface area contributed by atoms with Crippen molar-refractivity contribution in [2.45, 2.75) is 6.92 Å². The van der Waals surface area contributed by atoms with Crippen LogP contribution in [0, 0.1) is 6.92 Å². The van der Waals surface area contributed by atoms with Gasteiger partial charge in [0.2, 0.25) is 0 Å². The van der Waals surface area contributed by atoms with Crippen molar-refractivity contribution in [2.24, 2.45) is 7.05 Å². The first kappa shape index (κ1) is 8.72. The predicted octanol–water partition coefficient (Wildman–Crippen LogP) is 2.51. The largest absolute Gasteiger partial charge is 0.316 e. The second-order valence-electron chi connectivity index (χ2n) is 2.83. The normalized spacial score (nSPS) is 10.7. The van der Waals surface area contributed by atoms with Gasteiger partial charge in [0.05, 0.1) is 9.90 Å². The van der Waals surface area contributed by atoms with Crippen molar-refractivity contribution in [2.75, 3.05) is 0 Å². The molecule has 0 spiro atoms. The van der Waals surface area contributed by atoms with Gasteiger partial charge in [-0.3, -0.25) is 0 Å². The lowest BCUT2D eigenvalue weighted by Gasteiger charge is -1.96. The maximum Gasteiger partial charge on any atom is 0.175 e. The molecule has 2 aromatic heterocycles. The minimum absolute atomic E-state index is 0.779. The van der Waals surface area contributed by atoms with Gasteiger partial charge in [-0.2, -0.15) is 0 Å². The first-order valence-corrected chi connectivity index (χ1v) is 5.04. The first-order chi connectivity index (χ1) is 6.20. The summed E-state index contributed by atoms with van der Waals surface area (Å²) in [5, 5.41) is 10.6. The molecule has 2 aromatic rings. The number of aromatic nitrogens is 3. The van der Waals surface area contributed by atoms with Crippen LogP contribution in [0.1, 0.15) is 5.56 Å². The molecule has 13 heavy (non-hydrogen) atoms. The molecule has 0 atom stereocenters. The Labute approximate surface area is 85.0 Å². The molecule has 0 aliphatic carbocycles. The SMILES string of the molecule is Cc1csc(-c2nncn2C)c1Cl. The highest BCUT2D eigenvalue weighted by Gasteiger charge is 2.12. The summed E-state index contributed by atoms with van der Waals surface area (Å²) in [4.78, 5) is 0.985. The number of hydrogen-bond acceptors (Lipinski definition) is 3. The number of nitrogens with zero attached hydrogens (tertiary/aromatic N) is 3. The van der Waals surface area contributed by atoms with E-state index in [0.717, 1.165) is 21.3 Å². The minimum Gasteiger partial charge on any atom is -0.316 e. The monoisotopic (exact) mass is 213 g/mol. The maximum atomic E-state index is 6.10. The molecule has 0 aliphatic rings. The van der Waals surface area contributed by atoms with E-state index in [1.165, 1.54) is 0 Å². The average Bonchev–Trinajstić information content (AvgIpc) is 2.62. The molecule has 0 radical (unpaired) electrons. The van der Waals surface area contributed by atoms with Gasteiger partial charge in [0, 0.05) is 7.05 Å². The third-order valence-electron chi connectivity index (χ3n) is 1.81. The number of hydrogen-bond donors (Lipinski definition) is 0. The number of halogens is 1. The van der Waals surface area contributed by atoms with Crippen molar-refractivity contribution >= 4 is 22.9 Å². The van der Waals surface area contributed by atoms with Crippen LogP contribution >= 0.6 is 22.9 Å². The van der Waals surface area contributed by atoms with Gasteiger partial charge in [-0.15, -0.1) is 21.5 Å². The highest BCUT2D eigenvalue weighted by Crippen LogP contribution is 2.34. The molecule has 0 saturated heterocycles. The summed E-state index contributed by atoms with van der Waals surface area (Å²) in [5.41, 5.74) is 1.09. The molecule has 5 heteroatoms. The van der Waals surface area contributed by atoms with Crippen molar-refractivity contribution < 1.29 is 0 Å². The molecule has 0 saturated carbocycles. The van der Waals surface area contributed by atoms with Crippen LogP contribution in [-0.4, -0.2) is 14.8 Å². The van der Waals surface area contributed by atoms with Crippen LogP contribution in [0.2, 0.25) is 5.02 Å². The summed E-state index contributed by atoms with van der Waals surface area (Å²) in [7, 11) is 1.90. The summed E-state index contributed by atoms with van der Waals surface area (Å²) >= 11 is 7.69. The van der Waals surface area contributed by atoms with E-state index in [2.05, 4.69) is 10.2 Å². The van der Waals surface area contributed by atoms with Crippen molar-refractivity contribution in [3.8, 4) is 10.7 Å². The third-order valence-corrected chi connectivity index (χ3v) is 3.51. The Morgan fingerprint density at radius 1 is 1.54 bits per heavy atom. The lowest BCUT2D eigenvalue weighted by molar-refractivity contribution is 0.922. The molecule has 0 aromatic carbocycles. The van der Waals surface area contributed by atoms with Gasteiger partial charge < -0.3 is 4.57 Å². The van der Waals surface area contributed by atoms with Crippen LogP contribution in [0.5, 0.6) is 0 Å². The molecular weight excluding hydrogens is 206 g/mol. The molecule has 2 heterocycles. The fourth-order valence-electron chi connectivity index (χ4n) is 1.07. The smallest absolute Gasteiger partial charge is 0.175 e. The second kappa shape index (κ2) is 3.12. The summed E-state index contributed by atoms with van der Waals surface area (Å²) < 4.78 is 1.86. The molecular formula is C8H8ClN3S. The Bertz CT molecular complexity index is 432. The van der Waals surface area contributed by atoms with Gasteiger partial charge in [0.15, 0.2) is 5.82 Å². The predicted molar refractivity (Wildman–Crippen MR) is 54.1 cm³/mol. The average molecular weight is 214 g/mol. The number of thiophene rings is 1. The molecule has 68 valence electrons. The summed E-state index contributed by atoms with van der Waals surface area (Å²) in [6.07, 6.45) is 1.67. The topological polar surface area (TPSA) is 30.7 Å². The Balaban J connectivity index is 2.59. The third kappa shape index (κ3) is 1.36. The molecule has 0 amide bonds. The lowest BCUT2D eigenvalue weighted by atomic mass is 10.3. The van der Waals surface area contributed by atoms with Gasteiger partial charge in [-0.25, -0.2) is 0 Å². The highest BCUT2D eigenvalue weighted by atomic mass is 35.5. The van der Waals surface area contributed by atoms with E-state index in [9.17, 15) is 0 Å². The Kier molecular flexibility index (Phi) is 2.09. The van der Waals surface area contributed by atoms with E-state index >= 15 is 0 Å². The first-order valence-electron chi connectivity index (χ1n) is 3.78. The van der Waals surface area contributed by atoms with E-state index in [0.29, 0.717) is 0 Å². The van der Waals surface area contributed by atoms with Crippen LogP contribution in [0.3, 0.4) is 0 Å². The van der Waals surface area contributed by atoms with Gasteiger partial charge in [-0.1, -0.05) is 11.6 Å². The van der Waals surface area contributed by atoms with Crippen LogP contribution < -0.4 is 0 Å². The molecule has 0 fully saturated rings. The van der Waals surface area contributed by atoms with E-state index < -0.39 is 0 Å². The van der Waals surface area contributed by atoms with Gasteiger partial charge in [-0.05, 0) is 17.9 Å². The molecule has 2 rings (SSSR count). The Morgan fingerprint density at radius 2 is 2.31 bits per heavy atom. The van der Waals surface area contributed by atoms with Crippen LogP contribution in [0.15, 0.2) is 11.7 Å². The number of aryl methyl sites for hydroxylation is 2. The summed E-state index contributed by atoms with van der Waals surface area (Å²) in [6.45, 7) is 1.98. The van der Waals surface area contributed by atoms with Crippen LogP contribution in [0.25, 0.3) is 10.7 Å². The van der Waals surface area contributed by atoms with Crippen LogP contribution in [0.4, 0.5) is 0 Å². The molecule has 0 bridgehead atoms. The van der Waals surface area contributed by atoms with Crippen molar-refractivity contribution in [1.82, 2.24) is 14.8 Å². The Morgan fingerprint density at radius 3 is 2.77 bits per heavy atom. The van der Waals surface area contributed by atoms with E-state index in [4.69, 9.17) is 11.6 Å². The zero-order chi connectivity index (χ0) is 9.42. The van der Waals surface area contributed by atoms with E-state index in [-0.39, 0.29) is 0 Å². The maximum absolute atomic E-state index is 6.10. The molecule has 0 unspecified atom stereocenters. The molecule has 0 aliphatic heterocycles. The van der Waals surface area contributed by atoms with E-state index in [1.54, 1.807) is 17.7 Å². The zero-order valence-electron chi connectivity index (χ0n) is 7.28. The molecule has 0 N–H and O–H groups in total. The van der Waals surface area contributed by atoms with Crippen molar-refractivity contribution in [3.63, 3.8) is 0 Å². The summed E-state index contributed by atoms with van der Waals surface area (Å²) in [6, 6.07) is 0.